The highest BCUT2D eigenvalue weighted by atomic mass is 16.2. The first-order valence-electron chi connectivity index (χ1n) is 6.10. The quantitative estimate of drug-likeness (QED) is 0.822. The van der Waals surface area contributed by atoms with E-state index in [4.69, 9.17) is 0 Å². The molecule has 0 saturated heterocycles. The Balaban J connectivity index is 2.15. The fraction of sp³-hybridized carbons (Fsp3) is 0.333. The summed E-state index contributed by atoms with van der Waals surface area (Å²) in [5, 5.41) is 17.1. The molecule has 0 aliphatic carbocycles. The largest absolute Gasteiger partial charge is 0.355 e. The molecule has 19 heavy (non-hydrogen) atoms. The predicted molar refractivity (Wildman–Crippen MR) is 70.9 cm³/mol. The number of tetrazole rings is 1. The zero-order valence-electron chi connectivity index (χ0n) is 10.9. The lowest BCUT2D eigenvalue weighted by atomic mass is 10.3. The van der Waals surface area contributed by atoms with E-state index < -0.39 is 6.04 Å². The Morgan fingerprint density at radius 3 is 2.79 bits per heavy atom. The fourth-order valence-electron chi connectivity index (χ4n) is 1.61. The molecule has 0 spiro atoms. The number of hydrogen-bond donors (Lipinski definition) is 2. The molecule has 0 saturated carbocycles. The molecule has 2 rings (SSSR count). The van der Waals surface area contributed by atoms with Crippen molar-refractivity contribution in [3.05, 3.63) is 30.3 Å². The Morgan fingerprint density at radius 2 is 2.11 bits per heavy atom. The van der Waals surface area contributed by atoms with E-state index in [1.165, 1.54) is 0 Å². The van der Waals surface area contributed by atoms with Crippen molar-refractivity contribution in [2.45, 2.75) is 19.9 Å². The number of rotatable bonds is 5. The molecule has 2 aromatic rings. The third-order valence-corrected chi connectivity index (χ3v) is 2.56. The molecule has 2 N–H and O–H groups in total. The lowest BCUT2D eigenvalue weighted by Crippen LogP contribution is -2.38. The van der Waals surface area contributed by atoms with Crippen LogP contribution in [0.1, 0.15) is 13.8 Å². The predicted octanol–water partition coefficient (Wildman–Crippen LogP) is 0.599. The average Bonchev–Trinajstić information content (AvgIpc) is 2.88. The third-order valence-electron chi connectivity index (χ3n) is 2.56. The van der Waals surface area contributed by atoms with E-state index in [0.29, 0.717) is 12.5 Å². The number of benzene rings is 1. The molecule has 0 radical (unpaired) electrons. The van der Waals surface area contributed by atoms with E-state index >= 15 is 0 Å². The van der Waals surface area contributed by atoms with Crippen molar-refractivity contribution < 1.29 is 4.79 Å². The second kappa shape index (κ2) is 5.94. The van der Waals surface area contributed by atoms with Crippen molar-refractivity contribution in [2.24, 2.45) is 0 Å². The first-order valence-corrected chi connectivity index (χ1v) is 6.10. The van der Waals surface area contributed by atoms with Crippen LogP contribution in [0.5, 0.6) is 0 Å². The second-order valence-electron chi connectivity index (χ2n) is 4.01. The van der Waals surface area contributed by atoms with E-state index in [1.807, 2.05) is 37.3 Å². The summed E-state index contributed by atoms with van der Waals surface area (Å²) in [6.45, 7) is 4.22. The Hall–Kier alpha value is -2.44. The minimum absolute atomic E-state index is 0.0925. The van der Waals surface area contributed by atoms with Crippen molar-refractivity contribution in [3.8, 4) is 5.69 Å². The first kappa shape index (κ1) is 13.0. The van der Waals surface area contributed by atoms with Gasteiger partial charge in [-0.05, 0) is 36.4 Å². The number of nitrogens with one attached hydrogen (secondary N) is 2. The molecule has 1 heterocycles. The van der Waals surface area contributed by atoms with Gasteiger partial charge in [0.25, 0.3) is 0 Å². The summed E-state index contributed by atoms with van der Waals surface area (Å²) in [6.07, 6.45) is 0. The molecule has 7 nitrogen and oxygen atoms in total. The molecule has 1 aromatic heterocycles. The summed E-state index contributed by atoms with van der Waals surface area (Å²) in [5.41, 5.74) is 0.832. The molecular weight excluding hydrogens is 244 g/mol. The van der Waals surface area contributed by atoms with Crippen molar-refractivity contribution in [3.63, 3.8) is 0 Å². The smallest absolute Gasteiger partial charge is 0.248 e. The molecule has 1 amide bonds. The number of anilines is 1. The van der Waals surface area contributed by atoms with Crippen LogP contribution in [-0.4, -0.2) is 38.7 Å². The highest BCUT2D eigenvalue weighted by Crippen LogP contribution is 2.11. The Kier molecular flexibility index (Phi) is 4.07. The Labute approximate surface area is 111 Å². The Bertz CT molecular complexity index is 538. The number of carbonyl (C=O) groups is 1. The van der Waals surface area contributed by atoms with Gasteiger partial charge in [-0.25, -0.2) is 0 Å². The van der Waals surface area contributed by atoms with Crippen molar-refractivity contribution in [1.29, 1.82) is 0 Å². The minimum Gasteiger partial charge on any atom is -0.355 e. The zero-order valence-corrected chi connectivity index (χ0v) is 10.9. The topological polar surface area (TPSA) is 84.7 Å². The Morgan fingerprint density at radius 1 is 1.37 bits per heavy atom. The van der Waals surface area contributed by atoms with E-state index in [0.717, 1.165) is 5.69 Å². The van der Waals surface area contributed by atoms with Gasteiger partial charge in [-0.15, -0.1) is 0 Å². The second-order valence-corrected chi connectivity index (χ2v) is 4.01. The van der Waals surface area contributed by atoms with Gasteiger partial charge in [0.15, 0.2) is 0 Å². The summed E-state index contributed by atoms with van der Waals surface area (Å²) in [7, 11) is 0. The van der Waals surface area contributed by atoms with Crippen LogP contribution in [0.3, 0.4) is 0 Å². The summed E-state index contributed by atoms with van der Waals surface area (Å²) in [5.74, 6) is 0.343. The van der Waals surface area contributed by atoms with Crippen LogP contribution in [0.2, 0.25) is 0 Å². The molecule has 0 aliphatic heterocycles. The number of nitrogens with zero attached hydrogens (tertiary/aromatic N) is 4. The van der Waals surface area contributed by atoms with Crippen LogP contribution < -0.4 is 10.6 Å². The molecule has 7 heteroatoms. The van der Waals surface area contributed by atoms with Crippen LogP contribution in [-0.2, 0) is 4.79 Å². The van der Waals surface area contributed by atoms with Crippen LogP contribution >= 0.6 is 0 Å². The molecule has 0 fully saturated rings. The normalized spacial score (nSPS) is 11.9. The monoisotopic (exact) mass is 260 g/mol. The fourth-order valence-corrected chi connectivity index (χ4v) is 1.61. The molecule has 0 aliphatic rings. The zero-order chi connectivity index (χ0) is 13.7. The molecule has 1 unspecified atom stereocenters. The first-order chi connectivity index (χ1) is 9.22. The number of likely N-dealkylation sites (N-methyl/N-ethyl adjacent to an activating group) is 1. The van der Waals surface area contributed by atoms with E-state index in [-0.39, 0.29) is 5.91 Å². The SMILES string of the molecule is CCNC(=O)C(C)Nc1nnnn1-c1ccccc1. The molecule has 1 atom stereocenters. The number of para-hydroxylation sites is 1. The van der Waals surface area contributed by atoms with Gasteiger partial charge in [0.05, 0.1) is 5.69 Å². The lowest BCUT2D eigenvalue weighted by molar-refractivity contribution is -0.121. The van der Waals surface area contributed by atoms with E-state index in [1.54, 1.807) is 11.6 Å². The molecule has 100 valence electrons. The van der Waals surface area contributed by atoms with Gasteiger partial charge in [0.2, 0.25) is 11.9 Å². The lowest BCUT2D eigenvalue weighted by Gasteiger charge is -2.13. The van der Waals surface area contributed by atoms with Crippen molar-refractivity contribution in [1.82, 2.24) is 25.5 Å². The molecule has 1 aromatic carbocycles. The van der Waals surface area contributed by atoms with Gasteiger partial charge in [-0.1, -0.05) is 23.3 Å². The van der Waals surface area contributed by atoms with Gasteiger partial charge < -0.3 is 10.6 Å². The highest BCUT2D eigenvalue weighted by molar-refractivity contribution is 5.83. The maximum absolute atomic E-state index is 11.7. The van der Waals surface area contributed by atoms with Crippen LogP contribution in [0, 0.1) is 0 Å². The van der Waals surface area contributed by atoms with Gasteiger partial charge in [-0.2, -0.15) is 4.68 Å². The number of carbonyl (C=O) groups excluding carboxylic acids is 1. The minimum atomic E-state index is -0.409. The van der Waals surface area contributed by atoms with Crippen LogP contribution in [0.25, 0.3) is 5.69 Å². The summed E-state index contributed by atoms with van der Waals surface area (Å²) < 4.78 is 1.55. The number of aromatic nitrogens is 4. The van der Waals surface area contributed by atoms with Gasteiger partial charge in [0.1, 0.15) is 6.04 Å². The third kappa shape index (κ3) is 3.06. The van der Waals surface area contributed by atoms with Gasteiger partial charge in [0, 0.05) is 6.54 Å². The summed E-state index contributed by atoms with van der Waals surface area (Å²) in [6, 6.07) is 9.07. The summed E-state index contributed by atoms with van der Waals surface area (Å²) >= 11 is 0. The standard InChI is InChI=1S/C12H16N6O/c1-3-13-11(19)9(2)14-12-15-16-17-18(12)10-7-5-4-6-8-10/h4-9H,3H2,1-2H3,(H,13,19)(H,14,15,17). The molecule has 0 bridgehead atoms. The number of amides is 1. The van der Waals surface area contributed by atoms with Gasteiger partial charge >= 0.3 is 0 Å². The van der Waals surface area contributed by atoms with Crippen molar-refractivity contribution >= 4 is 11.9 Å². The van der Waals surface area contributed by atoms with Crippen LogP contribution in [0.4, 0.5) is 5.95 Å². The highest BCUT2D eigenvalue weighted by Gasteiger charge is 2.15. The van der Waals surface area contributed by atoms with Crippen molar-refractivity contribution in [2.75, 3.05) is 11.9 Å². The number of hydrogen-bond acceptors (Lipinski definition) is 5. The molecular formula is C12H16N6O. The summed E-state index contributed by atoms with van der Waals surface area (Å²) in [4.78, 5) is 11.7. The maximum atomic E-state index is 11.7. The van der Waals surface area contributed by atoms with Gasteiger partial charge in [-0.3, -0.25) is 4.79 Å². The van der Waals surface area contributed by atoms with E-state index in [2.05, 4.69) is 26.2 Å². The van der Waals surface area contributed by atoms with Crippen LogP contribution in [0.15, 0.2) is 30.3 Å². The maximum Gasteiger partial charge on any atom is 0.248 e. The van der Waals surface area contributed by atoms with E-state index in [9.17, 15) is 4.79 Å². The average molecular weight is 260 g/mol.